The van der Waals surface area contributed by atoms with Crippen LogP contribution in [0.5, 0.6) is 0 Å². The van der Waals surface area contributed by atoms with Gasteiger partial charge >= 0.3 is 0 Å². The van der Waals surface area contributed by atoms with Crippen LogP contribution in [0.25, 0.3) is 5.69 Å². The highest BCUT2D eigenvalue weighted by molar-refractivity contribution is 5.91. The maximum atomic E-state index is 12.8. The van der Waals surface area contributed by atoms with E-state index in [-0.39, 0.29) is 18.5 Å². The quantitative estimate of drug-likeness (QED) is 0.571. The van der Waals surface area contributed by atoms with Crippen LogP contribution >= 0.6 is 0 Å². The van der Waals surface area contributed by atoms with Gasteiger partial charge in [-0.25, -0.2) is 4.68 Å². The highest BCUT2D eigenvalue weighted by Gasteiger charge is 2.19. The number of benzene rings is 2. The van der Waals surface area contributed by atoms with Gasteiger partial charge < -0.3 is 15.4 Å². The van der Waals surface area contributed by atoms with Gasteiger partial charge in [0.25, 0.3) is 0 Å². The first-order valence-electron chi connectivity index (χ1n) is 11.1. The van der Waals surface area contributed by atoms with Gasteiger partial charge in [-0.3, -0.25) is 9.69 Å². The third-order valence-corrected chi connectivity index (χ3v) is 5.63. The Hall–Kier alpha value is -3.00. The van der Waals surface area contributed by atoms with Crippen LogP contribution in [0.4, 0.5) is 5.82 Å². The van der Waals surface area contributed by atoms with Gasteiger partial charge in [0.15, 0.2) is 0 Å². The first kappa shape index (κ1) is 22.2. The average Bonchev–Trinajstić information content (AvgIpc) is 3.18. The lowest BCUT2D eigenvalue weighted by molar-refractivity contribution is -0.115. The Bertz CT molecular complexity index is 1010. The minimum atomic E-state index is -0.0961. The van der Waals surface area contributed by atoms with E-state index >= 15 is 0 Å². The molecule has 1 fully saturated rings. The fourth-order valence-corrected chi connectivity index (χ4v) is 3.89. The van der Waals surface area contributed by atoms with Crippen molar-refractivity contribution in [3.8, 4) is 5.69 Å². The molecule has 0 saturated carbocycles. The molecular weight excluding hydrogens is 402 g/mol. The second-order valence-corrected chi connectivity index (χ2v) is 8.22. The molecule has 7 heteroatoms. The molecule has 32 heavy (non-hydrogen) atoms. The van der Waals surface area contributed by atoms with Crippen LogP contribution in [0.2, 0.25) is 0 Å². The third-order valence-electron chi connectivity index (χ3n) is 5.63. The highest BCUT2D eigenvalue weighted by Crippen LogP contribution is 2.18. The van der Waals surface area contributed by atoms with Crippen molar-refractivity contribution in [3.63, 3.8) is 0 Å². The summed E-state index contributed by atoms with van der Waals surface area (Å²) in [4.78, 5) is 15.2. The Morgan fingerprint density at radius 1 is 1.06 bits per heavy atom. The summed E-state index contributed by atoms with van der Waals surface area (Å²) in [5.74, 6) is 0.573. The maximum Gasteiger partial charge on any atom is 0.239 e. The Labute approximate surface area is 189 Å². The van der Waals surface area contributed by atoms with Gasteiger partial charge in [-0.2, -0.15) is 5.10 Å². The molecule has 2 aromatic carbocycles. The number of aryl methyl sites for hydroxylation is 2. The molecular formula is C25H31N5O2. The second kappa shape index (κ2) is 10.5. The molecule has 0 spiro atoms. The zero-order valence-corrected chi connectivity index (χ0v) is 18.8. The Balaban J connectivity index is 1.42. The minimum absolute atomic E-state index is 0.0591. The van der Waals surface area contributed by atoms with Crippen LogP contribution in [-0.4, -0.2) is 60.0 Å². The molecule has 0 bridgehead atoms. The van der Waals surface area contributed by atoms with Gasteiger partial charge in [-0.1, -0.05) is 48.0 Å². The smallest absolute Gasteiger partial charge is 0.239 e. The van der Waals surface area contributed by atoms with Crippen LogP contribution in [0.15, 0.2) is 60.7 Å². The van der Waals surface area contributed by atoms with Crippen LogP contribution in [0.1, 0.15) is 22.9 Å². The molecule has 1 aromatic heterocycles. The van der Waals surface area contributed by atoms with Gasteiger partial charge in [-0.05, 0) is 31.5 Å². The number of rotatable bonds is 8. The fourth-order valence-electron chi connectivity index (χ4n) is 3.89. The van der Waals surface area contributed by atoms with Crippen LogP contribution in [0.3, 0.4) is 0 Å². The van der Waals surface area contributed by atoms with Crippen LogP contribution in [-0.2, 0) is 9.53 Å². The minimum Gasteiger partial charge on any atom is -0.379 e. The van der Waals surface area contributed by atoms with Crippen molar-refractivity contribution in [1.29, 1.82) is 0 Å². The number of carbonyl (C=O) groups excluding carboxylic acids is 1. The number of hydrogen-bond donors (Lipinski definition) is 2. The zero-order valence-electron chi connectivity index (χ0n) is 18.8. The van der Waals surface area contributed by atoms with Crippen molar-refractivity contribution in [3.05, 3.63) is 77.5 Å². The fraction of sp³-hybridized carbons (Fsp3) is 0.360. The van der Waals surface area contributed by atoms with Gasteiger partial charge in [0.05, 0.1) is 31.1 Å². The summed E-state index contributed by atoms with van der Waals surface area (Å²) in [6.45, 7) is 8.34. The SMILES string of the molecule is Cc1ccc(-n2nc(C)cc2NC(=O)CNC(CN2CCOCC2)c2ccccc2)cc1. The van der Waals surface area contributed by atoms with E-state index in [1.54, 1.807) is 4.68 Å². The zero-order chi connectivity index (χ0) is 22.3. The molecule has 168 valence electrons. The summed E-state index contributed by atoms with van der Waals surface area (Å²) in [5, 5.41) is 11.0. The number of amides is 1. The molecule has 3 aromatic rings. The molecule has 1 unspecified atom stereocenters. The standard InChI is InChI=1S/C25H31N5O2/c1-19-8-10-22(11-9-19)30-24(16-20(2)28-30)27-25(31)17-26-23(21-6-4-3-5-7-21)18-29-12-14-32-15-13-29/h3-11,16,23,26H,12-15,17-18H2,1-2H3,(H,27,31). The first-order chi connectivity index (χ1) is 15.6. The summed E-state index contributed by atoms with van der Waals surface area (Å²) < 4.78 is 7.25. The van der Waals surface area contributed by atoms with Gasteiger partial charge in [-0.15, -0.1) is 0 Å². The molecule has 1 aliphatic heterocycles. The summed E-state index contributed by atoms with van der Waals surface area (Å²) in [5.41, 5.74) is 4.12. The number of anilines is 1. The Kier molecular flexibility index (Phi) is 7.32. The molecule has 4 rings (SSSR count). The summed E-state index contributed by atoms with van der Waals surface area (Å²) >= 11 is 0. The monoisotopic (exact) mass is 433 g/mol. The number of morpholine rings is 1. The van der Waals surface area contributed by atoms with E-state index in [0.717, 1.165) is 44.2 Å². The maximum absolute atomic E-state index is 12.8. The van der Waals surface area contributed by atoms with E-state index in [4.69, 9.17) is 4.74 Å². The molecule has 7 nitrogen and oxygen atoms in total. The molecule has 2 heterocycles. The molecule has 0 aliphatic carbocycles. The van der Waals surface area contributed by atoms with Crippen molar-refractivity contribution in [2.75, 3.05) is 44.7 Å². The number of carbonyl (C=O) groups is 1. The van der Waals surface area contributed by atoms with Crippen molar-refractivity contribution < 1.29 is 9.53 Å². The average molecular weight is 434 g/mol. The largest absolute Gasteiger partial charge is 0.379 e. The van der Waals surface area contributed by atoms with Crippen LogP contribution in [0, 0.1) is 13.8 Å². The Morgan fingerprint density at radius 2 is 1.78 bits per heavy atom. The van der Waals surface area contributed by atoms with Crippen molar-refractivity contribution in [1.82, 2.24) is 20.0 Å². The van der Waals surface area contributed by atoms with Crippen molar-refractivity contribution >= 4 is 11.7 Å². The predicted molar refractivity (Wildman–Crippen MR) is 126 cm³/mol. The topological polar surface area (TPSA) is 71.4 Å². The van der Waals surface area contributed by atoms with Crippen LogP contribution < -0.4 is 10.6 Å². The normalized spacial score (nSPS) is 15.4. The van der Waals surface area contributed by atoms with E-state index in [9.17, 15) is 4.79 Å². The molecule has 2 N–H and O–H groups in total. The number of nitrogens with one attached hydrogen (secondary N) is 2. The third kappa shape index (κ3) is 5.82. The molecule has 1 saturated heterocycles. The van der Waals surface area contributed by atoms with Gasteiger partial charge in [0.1, 0.15) is 5.82 Å². The van der Waals surface area contributed by atoms with E-state index in [0.29, 0.717) is 5.82 Å². The number of aromatic nitrogens is 2. The van der Waals surface area contributed by atoms with E-state index in [1.807, 2.05) is 62.4 Å². The number of hydrogen-bond acceptors (Lipinski definition) is 5. The molecule has 1 amide bonds. The van der Waals surface area contributed by atoms with Gasteiger partial charge in [0, 0.05) is 31.7 Å². The second-order valence-electron chi connectivity index (χ2n) is 8.22. The molecule has 1 aliphatic rings. The molecule has 0 radical (unpaired) electrons. The first-order valence-corrected chi connectivity index (χ1v) is 11.1. The lowest BCUT2D eigenvalue weighted by atomic mass is 10.1. The van der Waals surface area contributed by atoms with Crippen molar-refractivity contribution in [2.45, 2.75) is 19.9 Å². The van der Waals surface area contributed by atoms with E-state index in [1.165, 1.54) is 11.1 Å². The Morgan fingerprint density at radius 3 is 2.50 bits per heavy atom. The van der Waals surface area contributed by atoms with Gasteiger partial charge in [0.2, 0.25) is 5.91 Å². The van der Waals surface area contributed by atoms with Crippen molar-refractivity contribution in [2.24, 2.45) is 0 Å². The number of ether oxygens (including phenoxy) is 1. The molecule has 1 atom stereocenters. The van der Waals surface area contributed by atoms with E-state index in [2.05, 4.69) is 32.8 Å². The predicted octanol–water partition coefficient (Wildman–Crippen LogP) is 3.09. The number of nitrogens with zero attached hydrogens (tertiary/aromatic N) is 3. The lowest BCUT2D eigenvalue weighted by Crippen LogP contribution is -2.43. The summed E-state index contributed by atoms with van der Waals surface area (Å²) in [6, 6.07) is 20.3. The summed E-state index contributed by atoms with van der Waals surface area (Å²) in [7, 11) is 0. The lowest BCUT2D eigenvalue weighted by Gasteiger charge is -2.31. The van der Waals surface area contributed by atoms with E-state index < -0.39 is 0 Å². The summed E-state index contributed by atoms with van der Waals surface area (Å²) in [6.07, 6.45) is 0. The highest BCUT2D eigenvalue weighted by atomic mass is 16.5.